The number of alkyl halides is 3. The van der Waals surface area contributed by atoms with Crippen molar-refractivity contribution in [3.05, 3.63) is 23.9 Å². The van der Waals surface area contributed by atoms with Gasteiger partial charge in [0.1, 0.15) is 5.82 Å². The summed E-state index contributed by atoms with van der Waals surface area (Å²) in [6.07, 6.45) is -4.06. The van der Waals surface area contributed by atoms with Crippen molar-refractivity contribution in [2.24, 2.45) is 0 Å². The van der Waals surface area contributed by atoms with Crippen molar-refractivity contribution < 1.29 is 18.0 Å². The predicted octanol–water partition coefficient (Wildman–Crippen LogP) is 1.69. The quantitative estimate of drug-likeness (QED) is 0.884. The number of carbonyl (C=O) groups excluding carboxylic acids is 1. The number of anilines is 1. The van der Waals surface area contributed by atoms with E-state index in [2.05, 4.69) is 4.98 Å². The van der Waals surface area contributed by atoms with Crippen molar-refractivity contribution in [2.75, 3.05) is 19.3 Å². The molecule has 0 aliphatic carbocycles. The highest BCUT2D eigenvalue weighted by atomic mass is 19.4. The minimum Gasteiger partial charge on any atom is -0.384 e. The highest BCUT2D eigenvalue weighted by Gasteiger charge is 2.28. The molecule has 0 unspecified atom stereocenters. The molecule has 1 heterocycles. The molecule has 1 amide bonds. The van der Waals surface area contributed by atoms with Crippen LogP contribution in [-0.4, -0.2) is 35.6 Å². The topological polar surface area (TPSA) is 59.2 Å². The number of hydrogen-bond donors (Lipinski definition) is 1. The number of pyridine rings is 1. The minimum absolute atomic E-state index is 0.212. The normalized spacial score (nSPS) is 11.3. The molecule has 17 heavy (non-hydrogen) atoms. The lowest BCUT2D eigenvalue weighted by Crippen LogP contribution is -2.30. The maximum absolute atomic E-state index is 12.0. The van der Waals surface area contributed by atoms with Crippen LogP contribution in [0.2, 0.25) is 0 Å². The molecule has 1 aromatic heterocycles. The second-order valence-corrected chi connectivity index (χ2v) is 3.56. The van der Waals surface area contributed by atoms with Crippen LogP contribution in [0, 0.1) is 0 Å². The number of amides is 1. The van der Waals surface area contributed by atoms with Gasteiger partial charge in [-0.05, 0) is 12.1 Å². The van der Waals surface area contributed by atoms with Gasteiger partial charge >= 0.3 is 6.18 Å². The fourth-order valence-electron chi connectivity index (χ4n) is 1.15. The number of aromatic nitrogens is 1. The van der Waals surface area contributed by atoms with Gasteiger partial charge in [0.25, 0.3) is 5.91 Å². The average molecular weight is 247 g/mol. The van der Waals surface area contributed by atoms with Gasteiger partial charge in [-0.15, -0.1) is 0 Å². The first kappa shape index (κ1) is 13.3. The van der Waals surface area contributed by atoms with Crippen molar-refractivity contribution >= 4 is 11.7 Å². The van der Waals surface area contributed by atoms with E-state index in [-0.39, 0.29) is 17.9 Å². The SMILES string of the molecule is CN(CCC(F)(F)F)C(=O)c1ccc(N)nc1. The van der Waals surface area contributed by atoms with E-state index in [9.17, 15) is 18.0 Å². The lowest BCUT2D eigenvalue weighted by molar-refractivity contribution is -0.136. The van der Waals surface area contributed by atoms with Crippen LogP contribution in [0.5, 0.6) is 0 Å². The third-order valence-corrected chi connectivity index (χ3v) is 2.11. The van der Waals surface area contributed by atoms with Crippen LogP contribution in [0.1, 0.15) is 16.8 Å². The molecule has 0 spiro atoms. The van der Waals surface area contributed by atoms with Crippen LogP contribution in [0.15, 0.2) is 18.3 Å². The molecule has 0 saturated carbocycles. The van der Waals surface area contributed by atoms with Gasteiger partial charge < -0.3 is 10.6 Å². The molecule has 0 aliphatic rings. The van der Waals surface area contributed by atoms with Crippen LogP contribution in [0.4, 0.5) is 19.0 Å². The molecule has 94 valence electrons. The van der Waals surface area contributed by atoms with Crippen molar-refractivity contribution in [3.8, 4) is 0 Å². The van der Waals surface area contributed by atoms with Crippen LogP contribution < -0.4 is 5.73 Å². The first-order chi connectivity index (χ1) is 7.79. The molecule has 2 N–H and O–H groups in total. The Bertz CT molecular complexity index is 389. The Morgan fingerprint density at radius 1 is 1.47 bits per heavy atom. The Morgan fingerprint density at radius 2 is 2.12 bits per heavy atom. The summed E-state index contributed by atoms with van der Waals surface area (Å²) in [6.45, 7) is -0.382. The molecule has 0 atom stereocenters. The van der Waals surface area contributed by atoms with Crippen molar-refractivity contribution in [1.82, 2.24) is 9.88 Å². The predicted molar refractivity (Wildman–Crippen MR) is 56.3 cm³/mol. The van der Waals surface area contributed by atoms with Gasteiger partial charge in [0.05, 0.1) is 12.0 Å². The van der Waals surface area contributed by atoms with E-state index in [1.807, 2.05) is 0 Å². The third-order valence-electron chi connectivity index (χ3n) is 2.11. The summed E-state index contributed by atoms with van der Waals surface area (Å²) in [7, 11) is 1.31. The first-order valence-electron chi connectivity index (χ1n) is 4.83. The molecule has 7 heteroatoms. The van der Waals surface area contributed by atoms with E-state index in [1.54, 1.807) is 0 Å². The van der Waals surface area contributed by atoms with E-state index in [0.29, 0.717) is 0 Å². The van der Waals surface area contributed by atoms with Gasteiger partial charge in [-0.1, -0.05) is 0 Å². The van der Waals surface area contributed by atoms with Gasteiger partial charge in [-0.3, -0.25) is 4.79 Å². The van der Waals surface area contributed by atoms with E-state index in [4.69, 9.17) is 5.73 Å². The maximum Gasteiger partial charge on any atom is 0.390 e. The number of nitrogen functional groups attached to an aromatic ring is 1. The van der Waals surface area contributed by atoms with Crippen LogP contribution in [0.25, 0.3) is 0 Å². The molecule has 0 aliphatic heterocycles. The second kappa shape index (κ2) is 5.03. The summed E-state index contributed by atoms with van der Waals surface area (Å²) in [5, 5.41) is 0. The highest BCUT2D eigenvalue weighted by molar-refractivity contribution is 5.93. The Kier molecular flexibility index (Phi) is 3.93. The van der Waals surface area contributed by atoms with Gasteiger partial charge in [0.2, 0.25) is 0 Å². The summed E-state index contributed by atoms with van der Waals surface area (Å²) in [6, 6.07) is 2.85. The zero-order valence-electron chi connectivity index (χ0n) is 9.16. The molecule has 0 radical (unpaired) electrons. The summed E-state index contributed by atoms with van der Waals surface area (Å²) in [5.74, 6) is -0.263. The lowest BCUT2D eigenvalue weighted by Gasteiger charge is -2.17. The number of rotatable bonds is 3. The second-order valence-electron chi connectivity index (χ2n) is 3.56. The lowest BCUT2D eigenvalue weighted by atomic mass is 10.2. The molecule has 0 fully saturated rings. The van der Waals surface area contributed by atoms with Crippen LogP contribution in [0.3, 0.4) is 0 Å². The monoisotopic (exact) mass is 247 g/mol. The summed E-state index contributed by atoms with van der Waals surface area (Å²) < 4.78 is 35.9. The van der Waals surface area contributed by atoms with Gasteiger partial charge in [0.15, 0.2) is 0 Å². The maximum atomic E-state index is 12.0. The Labute approximate surface area is 96.2 Å². The van der Waals surface area contributed by atoms with Crippen molar-refractivity contribution in [3.63, 3.8) is 0 Å². The van der Waals surface area contributed by atoms with Crippen LogP contribution in [-0.2, 0) is 0 Å². The summed E-state index contributed by atoms with van der Waals surface area (Å²) in [5.41, 5.74) is 5.55. The summed E-state index contributed by atoms with van der Waals surface area (Å²) >= 11 is 0. The Balaban J connectivity index is 2.61. The zero-order valence-corrected chi connectivity index (χ0v) is 9.16. The number of nitrogens with zero attached hydrogens (tertiary/aromatic N) is 2. The van der Waals surface area contributed by atoms with Gasteiger partial charge in [-0.25, -0.2) is 4.98 Å². The smallest absolute Gasteiger partial charge is 0.384 e. The fraction of sp³-hybridized carbons (Fsp3) is 0.400. The van der Waals surface area contributed by atoms with E-state index >= 15 is 0 Å². The largest absolute Gasteiger partial charge is 0.390 e. The first-order valence-corrected chi connectivity index (χ1v) is 4.83. The zero-order chi connectivity index (χ0) is 13.1. The third kappa shape index (κ3) is 4.29. The number of carbonyl (C=O) groups is 1. The number of nitrogens with two attached hydrogens (primary N) is 1. The van der Waals surface area contributed by atoms with Crippen molar-refractivity contribution in [2.45, 2.75) is 12.6 Å². The molecule has 0 saturated heterocycles. The van der Waals surface area contributed by atoms with Gasteiger partial charge in [-0.2, -0.15) is 13.2 Å². The molecular formula is C10H12F3N3O. The molecule has 1 rings (SSSR count). The highest BCUT2D eigenvalue weighted by Crippen LogP contribution is 2.19. The molecular weight excluding hydrogens is 235 g/mol. The molecule has 1 aromatic rings. The Morgan fingerprint density at radius 3 is 2.59 bits per heavy atom. The molecule has 0 bridgehead atoms. The molecule has 0 aromatic carbocycles. The van der Waals surface area contributed by atoms with Gasteiger partial charge in [0, 0.05) is 19.8 Å². The van der Waals surface area contributed by atoms with Crippen molar-refractivity contribution in [1.29, 1.82) is 0 Å². The average Bonchev–Trinajstić information content (AvgIpc) is 2.25. The Hall–Kier alpha value is -1.79. The number of hydrogen-bond acceptors (Lipinski definition) is 3. The molecule has 4 nitrogen and oxygen atoms in total. The standard InChI is InChI=1S/C10H12F3N3O/c1-16(5-4-10(11,12)13)9(17)7-2-3-8(14)15-6-7/h2-3,6H,4-5H2,1H3,(H2,14,15). The van der Waals surface area contributed by atoms with Crippen LogP contribution >= 0.6 is 0 Å². The van der Waals surface area contributed by atoms with E-state index in [1.165, 1.54) is 25.4 Å². The number of halogens is 3. The fourth-order valence-corrected chi connectivity index (χ4v) is 1.15. The van der Waals surface area contributed by atoms with E-state index < -0.39 is 18.5 Å². The van der Waals surface area contributed by atoms with E-state index in [0.717, 1.165) is 4.90 Å². The minimum atomic E-state index is -4.27. The summed E-state index contributed by atoms with van der Waals surface area (Å²) in [4.78, 5) is 16.4.